The molecule has 5 heteroatoms. The number of nitrogens with one attached hydrogen (secondary N) is 1. The molecule has 4 nitrogen and oxygen atoms in total. The fraction of sp³-hybridized carbons (Fsp3) is 0.222. The van der Waals surface area contributed by atoms with E-state index >= 15 is 0 Å². The summed E-state index contributed by atoms with van der Waals surface area (Å²) in [6.07, 6.45) is 0. The average Bonchev–Trinajstić information content (AvgIpc) is 2.15. The number of nitrogens with two attached hydrogens (primary N) is 1. The second kappa shape index (κ2) is 4.32. The Hall–Kier alpha value is -1.23. The lowest BCUT2D eigenvalue weighted by Crippen LogP contribution is -2.13. The van der Waals surface area contributed by atoms with E-state index in [-0.39, 0.29) is 5.84 Å². The van der Waals surface area contributed by atoms with Crippen molar-refractivity contribution in [3.63, 3.8) is 0 Å². The standard InChI is InChI=1S/C9H11BrN2O2/c1-13-5-3-6(10)8(9(11)12)7(4-5)14-2/h3-4H,1-2H3,(H3,11,12). The molecular formula is C9H11BrN2O2. The number of amidine groups is 1. The average molecular weight is 259 g/mol. The van der Waals surface area contributed by atoms with Gasteiger partial charge < -0.3 is 15.2 Å². The molecule has 1 rings (SSSR count). The molecule has 0 fully saturated rings. The van der Waals surface area contributed by atoms with E-state index < -0.39 is 0 Å². The number of ether oxygens (including phenoxy) is 2. The lowest BCUT2D eigenvalue weighted by Gasteiger charge is -2.11. The van der Waals surface area contributed by atoms with Gasteiger partial charge in [0.05, 0.1) is 19.8 Å². The van der Waals surface area contributed by atoms with Crippen molar-refractivity contribution in [1.82, 2.24) is 0 Å². The van der Waals surface area contributed by atoms with E-state index in [4.69, 9.17) is 20.6 Å². The number of benzene rings is 1. The topological polar surface area (TPSA) is 68.3 Å². The minimum absolute atomic E-state index is 0.0450. The lowest BCUT2D eigenvalue weighted by molar-refractivity contribution is 0.393. The third-order valence-corrected chi connectivity index (χ3v) is 2.38. The SMILES string of the molecule is COc1cc(Br)c(C(=N)N)c(OC)c1. The molecule has 0 saturated carbocycles. The van der Waals surface area contributed by atoms with E-state index in [2.05, 4.69) is 15.9 Å². The van der Waals surface area contributed by atoms with E-state index in [1.165, 1.54) is 7.11 Å². The summed E-state index contributed by atoms with van der Waals surface area (Å²) >= 11 is 3.30. The maximum absolute atomic E-state index is 7.37. The predicted molar refractivity (Wildman–Crippen MR) is 58.3 cm³/mol. The summed E-state index contributed by atoms with van der Waals surface area (Å²) in [7, 11) is 3.09. The van der Waals surface area contributed by atoms with Crippen molar-refractivity contribution in [2.75, 3.05) is 14.2 Å². The summed E-state index contributed by atoms with van der Waals surface area (Å²) in [6.45, 7) is 0. The first-order valence-corrected chi connectivity index (χ1v) is 4.65. The quantitative estimate of drug-likeness (QED) is 0.641. The van der Waals surface area contributed by atoms with Crippen molar-refractivity contribution in [3.05, 3.63) is 22.2 Å². The summed E-state index contributed by atoms with van der Waals surface area (Å²) in [5.74, 6) is 1.12. The number of rotatable bonds is 3. The molecule has 0 spiro atoms. The molecule has 3 N–H and O–H groups in total. The molecule has 0 heterocycles. The van der Waals surface area contributed by atoms with Crippen LogP contribution in [-0.4, -0.2) is 20.1 Å². The highest BCUT2D eigenvalue weighted by atomic mass is 79.9. The van der Waals surface area contributed by atoms with Crippen LogP contribution in [-0.2, 0) is 0 Å². The van der Waals surface area contributed by atoms with Crippen LogP contribution in [0.25, 0.3) is 0 Å². The van der Waals surface area contributed by atoms with E-state index in [1.807, 2.05) is 0 Å². The highest BCUT2D eigenvalue weighted by molar-refractivity contribution is 9.10. The van der Waals surface area contributed by atoms with E-state index in [0.29, 0.717) is 21.5 Å². The molecule has 1 aromatic rings. The van der Waals surface area contributed by atoms with Crippen molar-refractivity contribution in [1.29, 1.82) is 5.41 Å². The van der Waals surface area contributed by atoms with Crippen molar-refractivity contribution >= 4 is 21.8 Å². The number of nitrogen functional groups attached to an aromatic ring is 1. The molecule has 0 atom stereocenters. The first-order chi connectivity index (χ1) is 6.60. The Morgan fingerprint density at radius 1 is 1.36 bits per heavy atom. The zero-order valence-electron chi connectivity index (χ0n) is 7.93. The summed E-state index contributed by atoms with van der Waals surface area (Å²) in [5.41, 5.74) is 5.95. The monoisotopic (exact) mass is 258 g/mol. The third kappa shape index (κ3) is 1.98. The molecule has 0 amide bonds. The zero-order valence-corrected chi connectivity index (χ0v) is 9.51. The molecule has 76 valence electrons. The first-order valence-electron chi connectivity index (χ1n) is 3.86. The number of halogens is 1. The Labute approximate surface area is 90.6 Å². The summed E-state index contributed by atoms with van der Waals surface area (Å²) in [6, 6.07) is 3.42. The molecule has 0 bridgehead atoms. The normalized spacial score (nSPS) is 9.64. The van der Waals surface area contributed by atoms with Crippen LogP contribution in [0, 0.1) is 5.41 Å². The Morgan fingerprint density at radius 3 is 2.43 bits per heavy atom. The van der Waals surface area contributed by atoms with Gasteiger partial charge in [-0.25, -0.2) is 0 Å². The van der Waals surface area contributed by atoms with E-state index in [9.17, 15) is 0 Å². The van der Waals surface area contributed by atoms with Gasteiger partial charge >= 0.3 is 0 Å². The van der Waals surface area contributed by atoms with Crippen LogP contribution in [0.2, 0.25) is 0 Å². The van der Waals surface area contributed by atoms with Crippen LogP contribution in [0.3, 0.4) is 0 Å². The second-order valence-electron chi connectivity index (χ2n) is 2.60. The van der Waals surface area contributed by atoms with E-state index in [1.54, 1.807) is 19.2 Å². The molecule has 0 aromatic heterocycles. The minimum Gasteiger partial charge on any atom is -0.497 e. The zero-order chi connectivity index (χ0) is 10.7. The highest BCUT2D eigenvalue weighted by Gasteiger charge is 2.12. The maximum Gasteiger partial charge on any atom is 0.134 e. The second-order valence-corrected chi connectivity index (χ2v) is 3.45. The van der Waals surface area contributed by atoms with Gasteiger partial charge in [-0.1, -0.05) is 0 Å². The molecule has 0 saturated heterocycles. The van der Waals surface area contributed by atoms with Gasteiger partial charge in [0.15, 0.2) is 0 Å². The fourth-order valence-electron chi connectivity index (χ4n) is 1.10. The summed E-state index contributed by atoms with van der Waals surface area (Å²) in [4.78, 5) is 0. The molecule has 0 aliphatic rings. The van der Waals surface area contributed by atoms with Gasteiger partial charge in [0.2, 0.25) is 0 Å². The van der Waals surface area contributed by atoms with Crippen molar-refractivity contribution < 1.29 is 9.47 Å². The first kappa shape index (κ1) is 10.8. The summed E-state index contributed by atoms with van der Waals surface area (Å²) in [5, 5.41) is 7.37. The van der Waals surface area contributed by atoms with Crippen LogP contribution in [0.5, 0.6) is 11.5 Å². The largest absolute Gasteiger partial charge is 0.497 e. The molecule has 14 heavy (non-hydrogen) atoms. The van der Waals surface area contributed by atoms with Crippen LogP contribution < -0.4 is 15.2 Å². The van der Waals surface area contributed by atoms with Crippen LogP contribution >= 0.6 is 15.9 Å². The number of methoxy groups -OCH3 is 2. The Balaban J connectivity index is 3.34. The molecule has 0 unspecified atom stereocenters. The molecule has 0 radical (unpaired) electrons. The Kier molecular flexibility index (Phi) is 3.35. The smallest absolute Gasteiger partial charge is 0.134 e. The van der Waals surface area contributed by atoms with Gasteiger partial charge in [0.1, 0.15) is 17.3 Å². The van der Waals surface area contributed by atoms with Gasteiger partial charge in [-0.3, -0.25) is 5.41 Å². The van der Waals surface area contributed by atoms with Crippen LogP contribution in [0.15, 0.2) is 16.6 Å². The van der Waals surface area contributed by atoms with Gasteiger partial charge in [0, 0.05) is 10.5 Å². The maximum atomic E-state index is 7.37. The molecule has 0 aliphatic carbocycles. The van der Waals surface area contributed by atoms with Crippen LogP contribution in [0.1, 0.15) is 5.56 Å². The molecular weight excluding hydrogens is 248 g/mol. The predicted octanol–water partition coefficient (Wildman–Crippen LogP) is 1.75. The minimum atomic E-state index is -0.0450. The van der Waals surface area contributed by atoms with Gasteiger partial charge in [-0.05, 0) is 22.0 Å². The fourth-order valence-corrected chi connectivity index (χ4v) is 1.73. The molecule has 1 aromatic carbocycles. The Morgan fingerprint density at radius 2 is 2.00 bits per heavy atom. The van der Waals surface area contributed by atoms with Gasteiger partial charge in [-0.15, -0.1) is 0 Å². The van der Waals surface area contributed by atoms with Crippen molar-refractivity contribution in [2.45, 2.75) is 0 Å². The molecule has 0 aliphatic heterocycles. The highest BCUT2D eigenvalue weighted by Crippen LogP contribution is 2.31. The van der Waals surface area contributed by atoms with Crippen molar-refractivity contribution in [2.24, 2.45) is 5.73 Å². The van der Waals surface area contributed by atoms with Crippen LogP contribution in [0.4, 0.5) is 0 Å². The third-order valence-electron chi connectivity index (χ3n) is 1.75. The van der Waals surface area contributed by atoms with E-state index in [0.717, 1.165) is 0 Å². The number of hydrogen-bond acceptors (Lipinski definition) is 3. The van der Waals surface area contributed by atoms with Crippen molar-refractivity contribution in [3.8, 4) is 11.5 Å². The Bertz CT molecular complexity index is 366. The lowest BCUT2D eigenvalue weighted by atomic mass is 10.2. The van der Waals surface area contributed by atoms with Gasteiger partial charge in [0.25, 0.3) is 0 Å². The summed E-state index contributed by atoms with van der Waals surface area (Å²) < 4.78 is 10.8. The number of hydrogen-bond donors (Lipinski definition) is 2. The van der Waals surface area contributed by atoms with Gasteiger partial charge in [-0.2, -0.15) is 0 Å².